The number of carbonyl (C=O) groups excluding carboxylic acids is 1. The van der Waals surface area contributed by atoms with E-state index < -0.39 is 34.8 Å². The molecule has 1 N–H and O–H groups in total. The van der Waals surface area contributed by atoms with Crippen LogP contribution in [0.25, 0.3) is 0 Å². The molecule has 1 heterocycles. The molecule has 0 aliphatic carbocycles. The van der Waals surface area contributed by atoms with Crippen molar-refractivity contribution in [1.82, 2.24) is 9.78 Å². The molecule has 2 aromatic carbocycles. The molecule has 10 heteroatoms. The van der Waals surface area contributed by atoms with E-state index in [4.69, 9.17) is 4.74 Å². The van der Waals surface area contributed by atoms with E-state index in [-0.39, 0.29) is 17.3 Å². The molecule has 0 radical (unpaired) electrons. The third-order valence-corrected chi connectivity index (χ3v) is 3.59. The van der Waals surface area contributed by atoms with E-state index in [0.29, 0.717) is 6.07 Å². The number of hydrogen-bond donors (Lipinski definition) is 1. The van der Waals surface area contributed by atoms with Crippen LogP contribution >= 0.6 is 0 Å². The zero-order valence-electron chi connectivity index (χ0n) is 14.2. The van der Waals surface area contributed by atoms with Gasteiger partial charge in [-0.1, -0.05) is 6.07 Å². The number of nitrogens with zero attached hydrogens (tertiary/aromatic N) is 2. The maximum Gasteiger partial charge on any atom is 0.416 e. The maximum atomic E-state index is 13.8. The molecule has 0 aliphatic heterocycles. The van der Waals surface area contributed by atoms with Crippen LogP contribution in [0.2, 0.25) is 0 Å². The summed E-state index contributed by atoms with van der Waals surface area (Å²) in [5.41, 5.74) is -1.34. The first-order valence-corrected chi connectivity index (χ1v) is 7.78. The summed E-state index contributed by atoms with van der Waals surface area (Å²) in [4.78, 5) is 12.2. The van der Waals surface area contributed by atoms with Gasteiger partial charge in [0, 0.05) is 13.1 Å². The fraction of sp³-hybridized carbons (Fsp3) is 0.111. The summed E-state index contributed by atoms with van der Waals surface area (Å²) >= 11 is 0. The van der Waals surface area contributed by atoms with Crippen LogP contribution in [-0.4, -0.2) is 15.7 Å². The average molecular weight is 397 g/mol. The van der Waals surface area contributed by atoms with Gasteiger partial charge in [0.25, 0.3) is 11.8 Å². The highest BCUT2D eigenvalue weighted by Gasteiger charge is 2.30. The van der Waals surface area contributed by atoms with E-state index in [1.807, 2.05) is 0 Å². The Morgan fingerprint density at radius 3 is 2.57 bits per heavy atom. The van der Waals surface area contributed by atoms with E-state index in [9.17, 15) is 26.7 Å². The van der Waals surface area contributed by atoms with Crippen LogP contribution in [-0.2, 0) is 13.2 Å². The maximum absolute atomic E-state index is 13.8. The van der Waals surface area contributed by atoms with Gasteiger partial charge in [-0.2, -0.15) is 13.2 Å². The van der Waals surface area contributed by atoms with E-state index in [2.05, 4.69) is 10.4 Å². The number of carbonyl (C=O) groups is 1. The van der Waals surface area contributed by atoms with Gasteiger partial charge in [0.15, 0.2) is 0 Å². The zero-order valence-corrected chi connectivity index (χ0v) is 14.2. The molecule has 28 heavy (non-hydrogen) atoms. The minimum atomic E-state index is -4.55. The highest BCUT2D eigenvalue weighted by molar-refractivity contribution is 6.05. The van der Waals surface area contributed by atoms with Crippen LogP contribution in [0.4, 0.5) is 27.6 Å². The van der Waals surface area contributed by atoms with Crippen LogP contribution in [0.3, 0.4) is 0 Å². The van der Waals surface area contributed by atoms with Gasteiger partial charge in [-0.3, -0.25) is 9.48 Å². The largest absolute Gasteiger partial charge is 0.436 e. The van der Waals surface area contributed by atoms with Gasteiger partial charge < -0.3 is 10.1 Å². The van der Waals surface area contributed by atoms with Gasteiger partial charge in [-0.05, 0) is 30.3 Å². The zero-order chi connectivity index (χ0) is 20.5. The number of aromatic nitrogens is 2. The summed E-state index contributed by atoms with van der Waals surface area (Å²) in [6.45, 7) is 0. The first-order valence-electron chi connectivity index (χ1n) is 7.78. The highest BCUT2D eigenvalue weighted by Crippen LogP contribution is 2.34. The number of rotatable bonds is 4. The van der Waals surface area contributed by atoms with Crippen LogP contribution in [0.5, 0.6) is 11.6 Å². The molecule has 1 aromatic heterocycles. The van der Waals surface area contributed by atoms with E-state index >= 15 is 0 Å². The highest BCUT2D eigenvalue weighted by atomic mass is 19.4. The monoisotopic (exact) mass is 397 g/mol. The topological polar surface area (TPSA) is 56.2 Å². The first kappa shape index (κ1) is 19.3. The third kappa shape index (κ3) is 4.27. The van der Waals surface area contributed by atoms with Crippen LogP contribution in [0.1, 0.15) is 15.9 Å². The molecule has 0 unspecified atom stereocenters. The van der Waals surface area contributed by atoms with E-state index in [1.54, 1.807) is 0 Å². The molecular formula is C18H12F5N3O2. The Morgan fingerprint density at radius 2 is 1.89 bits per heavy atom. The molecule has 5 nitrogen and oxygen atoms in total. The molecule has 1 amide bonds. The van der Waals surface area contributed by atoms with Gasteiger partial charge in [0.2, 0.25) is 0 Å². The lowest BCUT2D eigenvalue weighted by Crippen LogP contribution is -2.14. The van der Waals surface area contributed by atoms with Crippen LogP contribution in [0.15, 0.2) is 48.7 Å². The van der Waals surface area contributed by atoms with Crippen molar-refractivity contribution in [3.8, 4) is 11.6 Å². The predicted octanol–water partition coefficient (Wildman–Crippen LogP) is 4.76. The molecule has 0 fully saturated rings. The van der Waals surface area contributed by atoms with Crippen molar-refractivity contribution in [2.45, 2.75) is 6.18 Å². The number of alkyl halides is 3. The number of benzene rings is 2. The van der Waals surface area contributed by atoms with Gasteiger partial charge in [0.05, 0.1) is 17.3 Å². The number of amides is 1. The Kier molecular flexibility index (Phi) is 5.04. The second kappa shape index (κ2) is 7.29. The summed E-state index contributed by atoms with van der Waals surface area (Å²) in [6, 6.07) is 6.54. The summed E-state index contributed by atoms with van der Waals surface area (Å²) in [6.07, 6.45) is -3.23. The molecule has 0 bridgehead atoms. The summed E-state index contributed by atoms with van der Waals surface area (Å²) in [5.74, 6) is -3.17. The van der Waals surface area contributed by atoms with Crippen molar-refractivity contribution in [2.24, 2.45) is 7.05 Å². The second-order valence-corrected chi connectivity index (χ2v) is 5.73. The Morgan fingerprint density at radius 1 is 1.14 bits per heavy atom. The normalized spacial score (nSPS) is 11.4. The fourth-order valence-electron chi connectivity index (χ4n) is 2.34. The number of anilines is 1. The number of ether oxygens (including phenoxy) is 1. The van der Waals surface area contributed by atoms with Crippen molar-refractivity contribution < 1.29 is 31.5 Å². The van der Waals surface area contributed by atoms with E-state index in [0.717, 1.165) is 30.3 Å². The third-order valence-electron chi connectivity index (χ3n) is 3.59. The summed E-state index contributed by atoms with van der Waals surface area (Å²) < 4.78 is 71.8. The Hall–Kier alpha value is -3.43. The SMILES string of the molecule is Cn1cc(NC(=O)c2ccc(F)cc2F)c(Oc2cccc(C(F)(F)F)c2)n1. The Bertz CT molecular complexity index is 1030. The molecule has 0 spiro atoms. The van der Waals surface area contributed by atoms with Crippen molar-refractivity contribution in [1.29, 1.82) is 0 Å². The average Bonchev–Trinajstić information content (AvgIpc) is 2.93. The molecule has 3 aromatic rings. The number of nitrogens with one attached hydrogen (secondary N) is 1. The van der Waals surface area contributed by atoms with Crippen molar-refractivity contribution >= 4 is 11.6 Å². The molecule has 3 rings (SSSR count). The van der Waals surface area contributed by atoms with Crippen LogP contribution in [0, 0.1) is 11.6 Å². The smallest absolute Gasteiger partial charge is 0.416 e. The lowest BCUT2D eigenvalue weighted by atomic mass is 10.2. The Balaban J connectivity index is 1.85. The summed E-state index contributed by atoms with van der Waals surface area (Å²) in [7, 11) is 1.49. The molecule has 0 saturated heterocycles. The lowest BCUT2D eigenvalue weighted by molar-refractivity contribution is -0.137. The molecular weight excluding hydrogens is 385 g/mol. The van der Waals surface area contributed by atoms with Crippen molar-refractivity contribution in [2.75, 3.05) is 5.32 Å². The van der Waals surface area contributed by atoms with Crippen molar-refractivity contribution in [3.63, 3.8) is 0 Å². The van der Waals surface area contributed by atoms with Crippen LogP contribution < -0.4 is 10.1 Å². The number of aryl methyl sites for hydroxylation is 1. The summed E-state index contributed by atoms with van der Waals surface area (Å²) in [5, 5.41) is 6.27. The van der Waals surface area contributed by atoms with Gasteiger partial charge in [-0.25, -0.2) is 8.78 Å². The molecule has 0 aliphatic rings. The molecule has 0 saturated carbocycles. The fourth-order valence-corrected chi connectivity index (χ4v) is 2.34. The van der Waals surface area contributed by atoms with Crippen molar-refractivity contribution in [3.05, 3.63) is 71.4 Å². The van der Waals surface area contributed by atoms with E-state index in [1.165, 1.54) is 24.0 Å². The standard InChI is InChI=1S/C18H12F5N3O2/c1-26-9-15(24-16(27)13-6-5-11(19)8-14(13)20)17(25-26)28-12-4-2-3-10(7-12)18(21,22)23/h2-9H,1H3,(H,24,27). The molecule has 146 valence electrons. The minimum absolute atomic E-state index is 0.00589. The second-order valence-electron chi connectivity index (χ2n) is 5.73. The van der Waals surface area contributed by atoms with Gasteiger partial charge >= 0.3 is 6.18 Å². The minimum Gasteiger partial charge on any atom is -0.436 e. The molecule has 0 atom stereocenters. The van der Waals surface area contributed by atoms with Gasteiger partial charge in [0.1, 0.15) is 23.1 Å². The first-order chi connectivity index (χ1) is 13.1. The number of halogens is 5. The van der Waals surface area contributed by atoms with Gasteiger partial charge in [-0.15, -0.1) is 5.10 Å². The lowest BCUT2D eigenvalue weighted by Gasteiger charge is -2.10. The number of hydrogen-bond acceptors (Lipinski definition) is 3. The quantitative estimate of drug-likeness (QED) is 0.646. The predicted molar refractivity (Wildman–Crippen MR) is 89.0 cm³/mol. The Labute approximate surface area is 155 Å².